The summed E-state index contributed by atoms with van der Waals surface area (Å²) in [7, 11) is 2.91. The Bertz CT molecular complexity index is 902. The third-order valence-corrected chi connectivity index (χ3v) is 5.07. The molecule has 31 heavy (non-hydrogen) atoms. The lowest BCUT2D eigenvalue weighted by molar-refractivity contribution is -0.000607. The molecule has 2 unspecified atom stereocenters. The van der Waals surface area contributed by atoms with Gasteiger partial charge >= 0.3 is 0 Å². The summed E-state index contributed by atoms with van der Waals surface area (Å²) in [6.07, 6.45) is -2.26. The van der Waals surface area contributed by atoms with Gasteiger partial charge in [0.05, 0.1) is 20.8 Å². The predicted octanol–water partition coefficient (Wildman–Crippen LogP) is 2.27. The molecular formula is C23H34N2O6. The first kappa shape index (κ1) is 24.7. The maximum absolute atomic E-state index is 11.0. The largest absolute Gasteiger partial charge is 0.504 e. The highest BCUT2D eigenvalue weighted by Crippen LogP contribution is 2.40. The molecular weight excluding hydrogens is 400 g/mol. The molecule has 0 saturated heterocycles. The summed E-state index contributed by atoms with van der Waals surface area (Å²) in [6.45, 7) is 6.72. The van der Waals surface area contributed by atoms with Crippen molar-refractivity contribution in [2.45, 2.75) is 51.0 Å². The van der Waals surface area contributed by atoms with Crippen LogP contribution in [0.2, 0.25) is 0 Å². The van der Waals surface area contributed by atoms with Crippen molar-refractivity contribution in [2.75, 3.05) is 20.8 Å². The molecule has 0 saturated carbocycles. The van der Waals surface area contributed by atoms with Crippen LogP contribution in [0.25, 0.3) is 0 Å². The monoisotopic (exact) mass is 434 g/mol. The molecule has 0 amide bonds. The lowest BCUT2D eigenvalue weighted by Gasteiger charge is -2.27. The first-order valence-corrected chi connectivity index (χ1v) is 9.96. The molecule has 0 aliphatic heterocycles. The Balaban J connectivity index is 2.42. The number of benzene rings is 2. The molecule has 8 nitrogen and oxygen atoms in total. The first-order chi connectivity index (χ1) is 14.3. The van der Waals surface area contributed by atoms with Crippen molar-refractivity contribution < 1.29 is 29.5 Å². The van der Waals surface area contributed by atoms with Crippen LogP contribution in [-0.2, 0) is 11.1 Å². The zero-order valence-electron chi connectivity index (χ0n) is 19.0. The zero-order chi connectivity index (χ0) is 23.6. The van der Waals surface area contributed by atoms with Crippen LogP contribution in [0.5, 0.6) is 23.0 Å². The topological polar surface area (TPSA) is 140 Å². The van der Waals surface area contributed by atoms with Crippen LogP contribution >= 0.6 is 0 Å². The molecule has 8 heteroatoms. The molecule has 2 aromatic rings. The SMILES string of the molecule is COc1cc(C(C)(C)N)ccc1OC(CO)C(O)c1cc(OC)c(O)c(C(C)(C)N)c1. The minimum atomic E-state index is -1.24. The van der Waals surface area contributed by atoms with Crippen LogP contribution in [0.15, 0.2) is 30.3 Å². The molecule has 2 atom stereocenters. The van der Waals surface area contributed by atoms with E-state index in [4.69, 9.17) is 25.7 Å². The molecule has 0 heterocycles. The average Bonchev–Trinajstić information content (AvgIpc) is 2.70. The van der Waals surface area contributed by atoms with E-state index < -0.39 is 29.9 Å². The van der Waals surface area contributed by atoms with Gasteiger partial charge in [-0.05, 0) is 63.1 Å². The van der Waals surface area contributed by atoms with Gasteiger partial charge in [0.15, 0.2) is 29.1 Å². The van der Waals surface area contributed by atoms with Gasteiger partial charge in [0.2, 0.25) is 0 Å². The number of phenols is 1. The van der Waals surface area contributed by atoms with E-state index in [-0.39, 0.29) is 11.5 Å². The minimum Gasteiger partial charge on any atom is -0.504 e. The second-order valence-electron chi connectivity index (χ2n) is 8.71. The lowest BCUT2D eigenvalue weighted by atomic mass is 9.90. The van der Waals surface area contributed by atoms with Crippen molar-refractivity contribution in [3.63, 3.8) is 0 Å². The summed E-state index contributed by atoms with van der Waals surface area (Å²) in [5.74, 6) is 0.829. The maximum Gasteiger partial charge on any atom is 0.162 e. The predicted molar refractivity (Wildman–Crippen MR) is 119 cm³/mol. The number of hydrogen-bond acceptors (Lipinski definition) is 8. The van der Waals surface area contributed by atoms with Gasteiger partial charge in [-0.25, -0.2) is 0 Å². The van der Waals surface area contributed by atoms with Crippen LogP contribution in [-0.4, -0.2) is 42.3 Å². The summed E-state index contributed by atoms with van der Waals surface area (Å²) in [6, 6.07) is 8.31. The van der Waals surface area contributed by atoms with Crippen LogP contribution in [0.4, 0.5) is 0 Å². The Hall–Kier alpha value is -2.52. The molecule has 2 rings (SSSR count). The average molecular weight is 435 g/mol. The quantitative estimate of drug-likeness (QED) is 0.405. The van der Waals surface area contributed by atoms with Crippen LogP contribution < -0.4 is 25.7 Å². The van der Waals surface area contributed by atoms with E-state index in [0.717, 1.165) is 5.56 Å². The highest BCUT2D eigenvalue weighted by molar-refractivity contribution is 5.52. The van der Waals surface area contributed by atoms with Gasteiger partial charge in [-0.2, -0.15) is 0 Å². The van der Waals surface area contributed by atoms with E-state index in [1.54, 1.807) is 38.1 Å². The Morgan fingerprint density at radius 2 is 1.52 bits per heavy atom. The standard InChI is InChI=1S/C23H34N2O6/c1-22(2,24)14-7-8-16(17(11-14)29-5)31-19(12-26)20(27)13-9-15(23(3,4)25)21(28)18(10-13)30-6/h7-11,19-20,26-28H,12,24-25H2,1-6H3. The van der Waals surface area contributed by atoms with E-state index in [0.29, 0.717) is 22.6 Å². The molecule has 7 N–H and O–H groups in total. The molecule has 2 aromatic carbocycles. The normalized spacial score (nSPS) is 14.1. The molecule has 0 radical (unpaired) electrons. The number of nitrogens with two attached hydrogens (primary N) is 2. The van der Waals surface area contributed by atoms with Crippen LogP contribution in [0, 0.1) is 0 Å². The smallest absolute Gasteiger partial charge is 0.162 e. The van der Waals surface area contributed by atoms with E-state index in [9.17, 15) is 15.3 Å². The van der Waals surface area contributed by atoms with E-state index >= 15 is 0 Å². The molecule has 0 fully saturated rings. The Morgan fingerprint density at radius 1 is 0.903 bits per heavy atom. The molecule has 0 spiro atoms. The van der Waals surface area contributed by atoms with Gasteiger partial charge in [-0.15, -0.1) is 0 Å². The molecule has 0 aliphatic rings. The Morgan fingerprint density at radius 3 is 2.00 bits per heavy atom. The van der Waals surface area contributed by atoms with Gasteiger partial charge in [0.1, 0.15) is 6.10 Å². The number of aromatic hydroxyl groups is 1. The van der Waals surface area contributed by atoms with E-state index in [2.05, 4.69) is 0 Å². The number of phenolic OH excluding ortho intramolecular Hbond substituents is 1. The van der Waals surface area contributed by atoms with Crippen LogP contribution in [0.1, 0.15) is 50.5 Å². The number of ether oxygens (including phenoxy) is 3. The van der Waals surface area contributed by atoms with Crippen molar-refractivity contribution in [1.29, 1.82) is 0 Å². The Labute approximate surface area is 183 Å². The van der Waals surface area contributed by atoms with Gasteiger partial charge in [-0.3, -0.25) is 0 Å². The summed E-state index contributed by atoms with van der Waals surface area (Å²) < 4.78 is 16.5. The van der Waals surface area contributed by atoms with Crippen molar-refractivity contribution >= 4 is 0 Å². The summed E-state index contributed by atoms with van der Waals surface area (Å²) in [5.41, 5.74) is 12.5. The fourth-order valence-electron chi connectivity index (χ4n) is 3.19. The lowest BCUT2D eigenvalue weighted by Crippen LogP contribution is -2.32. The highest BCUT2D eigenvalue weighted by atomic mass is 16.5. The summed E-state index contributed by atoms with van der Waals surface area (Å²) in [4.78, 5) is 0. The van der Waals surface area contributed by atoms with Gasteiger partial charge in [0.25, 0.3) is 0 Å². The van der Waals surface area contributed by atoms with E-state index in [1.165, 1.54) is 20.3 Å². The number of aliphatic hydroxyl groups is 2. The number of aliphatic hydroxyl groups excluding tert-OH is 2. The fraction of sp³-hybridized carbons (Fsp3) is 0.478. The molecule has 0 bridgehead atoms. The maximum atomic E-state index is 11.0. The fourth-order valence-corrected chi connectivity index (χ4v) is 3.19. The van der Waals surface area contributed by atoms with Crippen molar-refractivity contribution in [2.24, 2.45) is 11.5 Å². The Kier molecular flexibility index (Phi) is 7.44. The van der Waals surface area contributed by atoms with Crippen molar-refractivity contribution in [3.8, 4) is 23.0 Å². The van der Waals surface area contributed by atoms with Crippen molar-refractivity contribution in [3.05, 3.63) is 47.0 Å². The summed E-state index contributed by atoms with van der Waals surface area (Å²) >= 11 is 0. The third-order valence-electron chi connectivity index (χ3n) is 5.07. The number of rotatable bonds is 9. The number of methoxy groups -OCH3 is 2. The zero-order valence-corrected chi connectivity index (χ0v) is 19.0. The molecule has 0 aromatic heterocycles. The first-order valence-electron chi connectivity index (χ1n) is 9.96. The van der Waals surface area contributed by atoms with Crippen molar-refractivity contribution in [1.82, 2.24) is 0 Å². The second kappa shape index (κ2) is 9.32. The summed E-state index contributed by atoms with van der Waals surface area (Å²) in [5, 5.41) is 31.3. The molecule has 0 aliphatic carbocycles. The van der Waals surface area contributed by atoms with Gasteiger partial charge < -0.3 is 41.0 Å². The second-order valence-corrected chi connectivity index (χ2v) is 8.71. The van der Waals surface area contributed by atoms with Gasteiger partial charge in [0, 0.05) is 16.6 Å². The highest BCUT2D eigenvalue weighted by Gasteiger charge is 2.29. The third kappa shape index (κ3) is 5.59. The van der Waals surface area contributed by atoms with Gasteiger partial charge in [-0.1, -0.05) is 6.07 Å². The minimum absolute atomic E-state index is 0.103. The molecule has 172 valence electrons. The van der Waals surface area contributed by atoms with Crippen LogP contribution in [0.3, 0.4) is 0 Å². The number of hydrogen-bond donors (Lipinski definition) is 5. The van der Waals surface area contributed by atoms with E-state index in [1.807, 2.05) is 13.8 Å².